The van der Waals surface area contributed by atoms with E-state index in [0.717, 1.165) is 33.9 Å². The summed E-state index contributed by atoms with van der Waals surface area (Å²) in [6.45, 7) is 0. The van der Waals surface area contributed by atoms with Crippen molar-refractivity contribution in [1.82, 2.24) is 9.97 Å². The fourth-order valence-electron chi connectivity index (χ4n) is 2.06. The molecule has 0 saturated carbocycles. The monoisotopic (exact) mass is 295 g/mol. The molecule has 0 bridgehead atoms. The van der Waals surface area contributed by atoms with Crippen LogP contribution in [0.4, 0.5) is 0 Å². The summed E-state index contributed by atoms with van der Waals surface area (Å²) in [5.74, 6) is -1.29. The summed E-state index contributed by atoms with van der Waals surface area (Å²) in [5.41, 5.74) is 2.58. The molecule has 0 aliphatic heterocycles. The predicted octanol–water partition coefficient (Wildman–Crippen LogP) is 2.14. The maximum Gasteiger partial charge on any atom is 0.189 e. The minimum atomic E-state index is -1.13. The SMILES string of the molecule is O=C([O-])CSc1nc(-c2ccccc2)c2ccccc2n1. The fourth-order valence-corrected chi connectivity index (χ4v) is 2.63. The Balaban J connectivity index is 2.14. The van der Waals surface area contributed by atoms with Crippen molar-refractivity contribution in [2.75, 3.05) is 5.75 Å². The van der Waals surface area contributed by atoms with Crippen LogP contribution in [0.1, 0.15) is 0 Å². The number of benzene rings is 2. The van der Waals surface area contributed by atoms with Gasteiger partial charge in [0.05, 0.1) is 17.2 Å². The van der Waals surface area contributed by atoms with Crippen LogP contribution in [-0.4, -0.2) is 21.7 Å². The Morgan fingerprint density at radius 3 is 2.48 bits per heavy atom. The molecule has 1 heterocycles. The second-order valence-corrected chi connectivity index (χ2v) is 5.34. The van der Waals surface area contributed by atoms with E-state index in [-0.39, 0.29) is 5.75 Å². The van der Waals surface area contributed by atoms with E-state index < -0.39 is 5.97 Å². The summed E-state index contributed by atoms with van der Waals surface area (Å²) in [6, 6.07) is 17.5. The lowest BCUT2D eigenvalue weighted by Crippen LogP contribution is -2.24. The molecule has 0 spiro atoms. The second-order valence-electron chi connectivity index (χ2n) is 4.40. The van der Waals surface area contributed by atoms with Crippen molar-refractivity contribution in [3.8, 4) is 11.3 Å². The van der Waals surface area contributed by atoms with E-state index >= 15 is 0 Å². The number of carboxylic acids is 1. The fraction of sp³-hybridized carbons (Fsp3) is 0.0625. The number of para-hydroxylation sites is 1. The Morgan fingerprint density at radius 2 is 1.71 bits per heavy atom. The summed E-state index contributed by atoms with van der Waals surface area (Å²) in [5, 5.41) is 12.0. The van der Waals surface area contributed by atoms with Crippen LogP contribution in [0.5, 0.6) is 0 Å². The highest BCUT2D eigenvalue weighted by Crippen LogP contribution is 2.28. The van der Waals surface area contributed by atoms with Gasteiger partial charge in [-0.15, -0.1) is 0 Å². The van der Waals surface area contributed by atoms with Crippen LogP contribution in [-0.2, 0) is 4.79 Å². The molecule has 0 aliphatic carbocycles. The van der Waals surface area contributed by atoms with Gasteiger partial charge in [0.15, 0.2) is 5.16 Å². The average molecular weight is 295 g/mol. The quantitative estimate of drug-likeness (QED) is 0.545. The summed E-state index contributed by atoms with van der Waals surface area (Å²) in [4.78, 5) is 19.5. The molecule has 1 aromatic heterocycles. The number of aromatic nitrogens is 2. The molecule has 0 aliphatic rings. The lowest BCUT2D eigenvalue weighted by atomic mass is 10.1. The Hall–Kier alpha value is -2.40. The largest absolute Gasteiger partial charge is 0.549 e. The van der Waals surface area contributed by atoms with Gasteiger partial charge in [0.25, 0.3) is 0 Å². The number of carbonyl (C=O) groups is 1. The van der Waals surface area contributed by atoms with Crippen LogP contribution < -0.4 is 5.11 Å². The standard InChI is InChI=1S/C16H12N2O2S/c19-14(20)10-21-16-17-13-9-5-4-8-12(13)15(18-16)11-6-2-1-3-7-11/h1-9H,10H2,(H,19,20)/p-1. The Kier molecular flexibility index (Phi) is 3.83. The Bertz CT molecular complexity index is 791. The van der Waals surface area contributed by atoms with Crippen LogP contribution >= 0.6 is 11.8 Å². The molecule has 0 saturated heterocycles. The molecule has 4 nitrogen and oxygen atoms in total. The number of fused-ring (bicyclic) bond motifs is 1. The molecule has 0 atom stereocenters. The van der Waals surface area contributed by atoms with Crippen molar-refractivity contribution >= 4 is 28.6 Å². The maximum atomic E-state index is 10.6. The highest BCUT2D eigenvalue weighted by molar-refractivity contribution is 7.99. The van der Waals surface area contributed by atoms with E-state index in [1.165, 1.54) is 0 Å². The first-order valence-electron chi connectivity index (χ1n) is 6.39. The predicted molar refractivity (Wildman–Crippen MR) is 80.7 cm³/mol. The zero-order chi connectivity index (χ0) is 14.7. The first kappa shape index (κ1) is 13.6. The molecule has 0 fully saturated rings. The summed E-state index contributed by atoms with van der Waals surface area (Å²) < 4.78 is 0. The van der Waals surface area contributed by atoms with Crippen molar-refractivity contribution in [3.63, 3.8) is 0 Å². The third-order valence-corrected chi connectivity index (χ3v) is 3.77. The minimum Gasteiger partial charge on any atom is -0.549 e. The molecule has 0 radical (unpaired) electrons. The van der Waals surface area contributed by atoms with Gasteiger partial charge in [-0.05, 0) is 6.07 Å². The van der Waals surface area contributed by atoms with Crippen molar-refractivity contribution < 1.29 is 9.90 Å². The molecule has 0 unspecified atom stereocenters. The van der Waals surface area contributed by atoms with Crippen molar-refractivity contribution in [1.29, 1.82) is 0 Å². The number of aliphatic carboxylic acids is 1. The molecule has 0 N–H and O–H groups in total. The third-order valence-electron chi connectivity index (χ3n) is 2.95. The maximum absolute atomic E-state index is 10.6. The molecule has 104 valence electrons. The second kappa shape index (κ2) is 5.93. The summed E-state index contributed by atoms with van der Waals surface area (Å²) >= 11 is 1.07. The van der Waals surface area contributed by atoms with Gasteiger partial charge in [-0.2, -0.15) is 0 Å². The van der Waals surface area contributed by atoms with Gasteiger partial charge in [0, 0.05) is 16.7 Å². The van der Waals surface area contributed by atoms with Crippen molar-refractivity contribution in [2.45, 2.75) is 5.16 Å². The first-order chi connectivity index (χ1) is 10.2. The highest BCUT2D eigenvalue weighted by Gasteiger charge is 2.09. The molecular formula is C16H11N2O2S-. The number of nitrogens with zero attached hydrogens (tertiary/aromatic N) is 2. The van der Waals surface area contributed by atoms with Crippen LogP contribution in [0.25, 0.3) is 22.2 Å². The van der Waals surface area contributed by atoms with Crippen LogP contribution in [0.3, 0.4) is 0 Å². The normalized spacial score (nSPS) is 10.7. The van der Waals surface area contributed by atoms with Gasteiger partial charge in [-0.3, -0.25) is 0 Å². The van der Waals surface area contributed by atoms with E-state index in [1.54, 1.807) is 0 Å². The summed E-state index contributed by atoms with van der Waals surface area (Å²) in [6.07, 6.45) is 0. The van der Waals surface area contributed by atoms with Gasteiger partial charge in [-0.25, -0.2) is 9.97 Å². The molecule has 0 amide bonds. The number of carbonyl (C=O) groups excluding carboxylic acids is 1. The van der Waals surface area contributed by atoms with Gasteiger partial charge < -0.3 is 9.90 Å². The average Bonchev–Trinajstić information content (AvgIpc) is 2.53. The first-order valence-corrected chi connectivity index (χ1v) is 7.37. The topological polar surface area (TPSA) is 65.9 Å². The minimum absolute atomic E-state index is 0.160. The number of thioether (sulfide) groups is 1. The van der Waals surface area contributed by atoms with Crippen LogP contribution in [0, 0.1) is 0 Å². The molecule has 21 heavy (non-hydrogen) atoms. The van der Waals surface area contributed by atoms with Crippen LogP contribution in [0.15, 0.2) is 59.8 Å². The van der Waals surface area contributed by atoms with Crippen molar-refractivity contribution in [2.24, 2.45) is 0 Å². The van der Waals surface area contributed by atoms with Gasteiger partial charge in [0.2, 0.25) is 0 Å². The molecule has 3 rings (SSSR count). The van der Waals surface area contributed by atoms with E-state index in [9.17, 15) is 9.90 Å². The van der Waals surface area contributed by atoms with Gasteiger partial charge >= 0.3 is 0 Å². The summed E-state index contributed by atoms with van der Waals surface area (Å²) in [7, 11) is 0. The molecule has 2 aromatic carbocycles. The molecule has 5 heteroatoms. The Labute approximate surface area is 125 Å². The van der Waals surface area contributed by atoms with E-state index in [4.69, 9.17) is 0 Å². The number of hydrogen-bond acceptors (Lipinski definition) is 5. The lowest BCUT2D eigenvalue weighted by Gasteiger charge is -2.08. The number of carboxylic acid groups (broad SMARTS) is 1. The molecule has 3 aromatic rings. The van der Waals surface area contributed by atoms with Gasteiger partial charge in [-0.1, -0.05) is 60.3 Å². The zero-order valence-electron chi connectivity index (χ0n) is 11.0. The van der Waals surface area contributed by atoms with E-state index in [2.05, 4.69) is 9.97 Å². The van der Waals surface area contributed by atoms with E-state index in [1.807, 2.05) is 54.6 Å². The van der Waals surface area contributed by atoms with E-state index in [0.29, 0.717) is 5.16 Å². The third kappa shape index (κ3) is 3.03. The highest BCUT2D eigenvalue weighted by atomic mass is 32.2. The molecular weight excluding hydrogens is 284 g/mol. The van der Waals surface area contributed by atoms with Crippen LogP contribution in [0.2, 0.25) is 0 Å². The number of hydrogen-bond donors (Lipinski definition) is 0. The lowest BCUT2D eigenvalue weighted by molar-refractivity contribution is -0.301. The number of rotatable bonds is 4. The Morgan fingerprint density at radius 1 is 1.00 bits per heavy atom. The smallest absolute Gasteiger partial charge is 0.189 e. The zero-order valence-corrected chi connectivity index (χ0v) is 11.8. The van der Waals surface area contributed by atoms with Crippen molar-refractivity contribution in [3.05, 3.63) is 54.6 Å². The van der Waals surface area contributed by atoms with Gasteiger partial charge in [0.1, 0.15) is 0 Å².